The van der Waals surface area contributed by atoms with E-state index >= 15 is 0 Å². The van der Waals surface area contributed by atoms with Crippen molar-refractivity contribution in [2.45, 2.75) is 38.0 Å². The Morgan fingerprint density at radius 1 is 1.25 bits per heavy atom. The second-order valence-corrected chi connectivity index (χ2v) is 5.19. The van der Waals surface area contributed by atoms with Gasteiger partial charge in [0.15, 0.2) is 0 Å². The number of benzene rings is 1. The van der Waals surface area contributed by atoms with Crippen molar-refractivity contribution in [3.8, 4) is 0 Å². The summed E-state index contributed by atoms with van der Waals surface area (Å²) in [5, 5.41) is 0. The zero-order valence-corrected chi connectivity index (χ0v) is 11.3. The minimum atomic E-state index is 0.0564. The van der Waals surface area contributed by atoms with E-state index in [1.807, 2.05) is 6.92 Å². The Labute approximate surface area is 103 Å². The van der Waals surface area contributed by atoms with Crippen LogP contribution in [0, 0.1) is 5.92 Å². The van der Waals surface area contributed by atoms with Gasteiger partial charge in [0, 0.05) is 17.2 Å². The molecular formula is C14H20OS. The van der Waals surface area contributed by atoms with Crippen LogP contribution in [0.1, 0.15) is 38.7 Å². The fourth-order valence-corrected chi connectivity index (χ4v) is 2.38. The monoisotopic (exact) mass is 236 g/mol. The standard InChI is InChI=1S/C14H20OS/c1-5-13(15)14(10(2)3)11-6-8-12(16-4)9-7-11/h6-10,14H,5H2,1-4H3. The van der Waals surface area contributed by atoms with E-state index in [0.29, 0.717) is 18.1 Å². The van der Waals surface area contributed by atoms with Crippen LogP contribution in [0.5, 0.6) is 0 Å². The van der Waals surface area contributed by atoms with Gasteiger partial charge in [-0.2, -0.15) is 0 Å². The van der Waals surface area contributed by atoms with Gasteiger partial charge in [-0.3, -0.25) is 4.79 Å². The highest BCUT2D eigenvalue weighted by Crippen LogP contribution is 2.28. The maximum Gasteiger partial charge on any atom is 0.140 e. The largest absolute Gasteiger partial charge is 0.299 e. The first-order valence-electron chi connectivity index (χ1n) is 5.76. The number of carbonyl (C=O) groups is 1. The molecule has 1 atom stereocenters. The van der Waals surface area contributed by atoms with Gasteiger partial charge in [0.25, 0.3) is 0 Å². The average Bonchev–Trinajstić information content (AvgIpc) is 2.29. The molecule has 0 spiro atoms. The molecule has 1 aromatic carbocycles. The van der Waals surface area contributed by atoms with Crippen LogP contribution in [-0.4, -0.2) is 12.0 Å². The molecule has 0 amide bonds. The van der Waals surface area contributed by atoms with Gasteiger partial charge in [0.2, 0.25) is 0 Å². The van der Waals surface area contributed by atoms with E-state index in [1.165, 1.54) is 4.90 Å². The van der Waals surface area contributed by atoms with E-state index in [2.05, 4.69) is 44.4 Å². The molecule has 88 valence electrons. The summed E-state index contributed by atoms with van der Waals surface area (Å²) in [6, 6.07) is 8.37. The van der Waals surface area contributed by atoms with Gasteiger partial charge >= 0.3 is 0 Å². The Balaban J connectivity index is 2.97. The summed E-state index contributed by atoms with van der Waals surface area (Å²) in [7, 11) is 0. The molecule has 0 saturated heterocycles. The van der Waals surface area contributed by atoms with Crippen LogP contribution >= 0.6 is 11.8 Å². The summed E-state index contributed by atoms with van der Waals surface area (Å²) in [5.74, 6) is 0.764. The summed E-state index contributed by atoms with van der Waals surface area (Å²) < 4.78 is 0. The molecule has 0 aliphatic heterocycles. The summed E-state index contributed by atoms with van der Waals surface area (Å²) in [6.45, 7) is 6.16. The highest BCUT2D eigenvalue weighted by Gasteiger charge is 2.22. The van der Waals surface area contributed by atoms with Gasteiger partial charge in [0.05, 0.1) is 0 Å². The van der Waals surface area contributed by atoms with Gasteiger partial charge in [-0.1, -0.05) is 32.9 Å². The normalized spacial score (nSPS) is 12.8. The highest BCUT2D eigenvalue weighted by molar-refractivity contribution is 7.98. The van der Waals surface area contributed by atoms with E-state index in [4.69, 9.17) is 0 Å². The molecule has 1 rings (SSSR count). The lowest BCUT2D eigenvalue weighted by molar-refractivity contribution is -0.121. The van der Waals surface area contributed by atoms with Gasteiger partial charge in [0.1, 0.15) is 5.78 Å². The van der Waals surface area contributed by atoms with E-state index < -0.39 is 0 Å². The zero-order chi connectivity index (χ0) is 12.1. The lowest BCUT2D eigenvalue weighted by atomic mass is 9.84. The van der Waals surface area contributed by atoms with Crippen molar-refractivity contribution in [1.82, 2.24) is 0 Å². The Kier molecular flexibility index (Phi) is 5.07. The second-order valence-electron chi connectivity index (χ2n) is 4.31. The van der Waals surface area contributed by atoms with E-state index in [1.54, 1.807) is 11.8 Å². The highest BCUT2D eigenvalue weighted by atomic mass is 32.2. The van der Waals surface area contributed by atoms with Crippen molar-refractivity contribution in [2.75, 3.05) is 6.26 Å². The number of ketones is 1. The van der Waals surface area contributed by atoms with Crippen LogP contribution in [0.15, 0.2) is 29.2 Å². The van der Waals surface area contributed by atoms with Crippen molar-refractivity contribution in [3.05, 3.63) is 29.8 Å². The minimum absolute atomic E-state index is 0.0564. The quantitative estimate of drug-likeness (QED) is 0.715. The molecular weight excluding hydrogens is 216 g/mol. The van der Waals surface area contributed by atoms with Crippen LogP contribution in [0.2, 0.25) is 0 Å². The number of thioether (sulfide) groups is 1. The van der Waals surface area contributed by atoms with Crippen molar-refractivity contribution in [1.29, 1.82) is 0 Å². The maximum absolute atomic E-state index is 11.9. The third-order valence-corrected chi connectivity index (χ3v) is 3.58. The number of carbonyl (C=O) groups excluding carboxylic acids is 1. The van der Waals surface area contributed by atoms with Crippen molar-refractivity contribution < 1.29 is 4.79 Å². The fourth-order valence-electron chi connectivity index (χ4n) is 1.97. The molecule has 0 saturated carbocycles. The first-order valence-corrected chi connectivity index (χ1v) is 6.99. The Hall–Kier alpha value is -0.760. The molecule has 0 aliphatic rings. The predicted molar refractivity (Wildman–Crippen MR) is 71.1 cm³/mol. The zero-order valence-electron chi connectivity index (χ0n) is 10.5. The molecule has 16 heavy (non-hydrogen) atoms. The van der Waals surface area contributed by atoms with Crippen LogP contribution in [0.25, 0.3) is 0 Å². The summed E-state index contributed by atoms with van der Waals surface area (Å²) >= 11 is 1.73. The molecule has 0 heterocycles. The minimum Gasteiger partial charge on any atom is -0.299 e. The number of rotatable bonds is 5. The Morgan fingerprint density at radius 2 is 1.81 bits per heavy atom. The molecule has 1 nitrogen and oxygen atoms in total. The van der Waals surface area contributed by atoms with Gasteiger partial charge in [-0.05, 0) is 29.9 Å². The third kappa shape index (κ3) is 3.11. The van der Waals surface area contributed by atoms with E-state index in [9.17, 15) is 4.79 Å². The van der Waals surface area contributed by atoms with Gasteiger partial charge in [-0.25, -0.2) is 0 Å². The maximum atomic E-state index is 11.9. The first kappa shape index (κ1) is 13.3. The molecule has 0 fully saturated rings. The number of hydrogen-bond acceptors (Lipinski definition) is 2. The predicted octanol–water partition coefficient (Wildman–Crippen LogP) is 4.13. The van der Waals surface area contributed by atoms with Crippen LogP contribution < -0.4 is 0 Å². The lowest BCUT2D eigenvalue weighted by Gasteiger charge is -2.19. The second kappa shape index (κ2) is 6.09. The third-order valence-electron chi connectivity index (χ3n) is 2.84. The van der Waals surface area contributed by atoms with E-state index in [-0.39, 0.29) is 5.92 Å². The van der Waals surface area contributed by atoms with Crippen molar-refractivity contribution >= 4 is 17.5 Å². The smallest absolute Gasteiger partial charge is 0.140 e. The van der Waals surface area contributed by atoms with Gasteiger partial charge < -0.3 is 0 Å². The molecule has 0 aromatic heterocycles. The summed E-state index contributed by atoms with van der Waals surface area (Å²) in [6.07, 6.45) is 2.68. The molecule has 0 N–H and O–H groups in total. The average molecular weight is 236 g/mol. The van der Waals surface area contributed by atoms with Crippen LogP contribution in [0.3, 0.4) is 0 Å². The summed E-state index contributed by atoms with van der Waals surface area (Å²) in [5.41, 5.74) is 1.15. The molecule has 2 heteroatoms. The molecule has 0 radical (unpaired) electrons. The first-order chi connectivity index (χ1) is 7.60. The Bertz CT molecular complexity index is 340. The molecule has 0 bridgehead atoms. The number of Topliss-reactive ketones (excluding diaryl/α,β-unsaturated/α-hetero) is 1. The summed E-state index contributed by atoms with van der Waals surface area (Å²) in [4.78, 5) is 13.1. The Morgan fingerprint density at radius 3 is 2.19 bits per heavy atom. The number of hydrogen-bond donors (Lipinski definition) is 0. The lowest BCUT2D eigenvalue weighted by Crippen LogP contribution is -2.17. The van der Waals surface area contributed by atoms with Crippen molar-refractivity contribution in [3.63, 3.8) is 0 Å². The molecule has 1 unspecified atom stereocenters. The van der Waals surface area contributed by atoms with Crippen LogP contribution in [-0.2, 0) is 4.79 Å². The topological polar surface area (TPSA) is 17.1 Å². The fraction of sp³-hybridized carbons (Fsp3) is 0.500. The van der Waals surface area contributed by atoms with Gasteiger partial charge in [-0.15, -0.1) is 11.8 Å². The SMILES string of the molecule is CCC(=O)C(c1ccc(SC)cc1)C(C)C. The molecule has 0 aliphatic carbocycles. The van der Waals surface area contributed by atoms with Crippen molar-refractivity contribution in [2.24, 2.45) is 5.92 Å². The molecule has 1 aromatic rings. The van der Waals surface area contributed by atoms with E-state index in [0.717, 1.165) is 5.56 Å². The van der Waals surface area contributed by atoms with Crippen LogP contribution in [0.4, 0.5) is 0 Å².